The van der Waals surface area contributed by atoms with Crippen LogP contribution in [0.3, 0.4) is 0 Å². The Morgan fingerprint density at radius 2 is 2.24 bits per heavy atom. The second-order valence-electron chi connectivity index (χ2n) is 3.67. The molecule has 0 aliphatic carbocycles. The van der Waals surface area contributed by atoms with Crippen molar-refractivity contribution in [3.63, 3.8) is 0 Å². The lowest BCUT2D eigenvalue weighted by Crippen LogP contribution is -2.31. The first-order valence-electron chi connectivity index (χ1n) is 5.30. The van der Waals surface area contributed by atoms with Crippen LogP contribution in [0.15, 0.2) is 26.7 Å². The highest BCUT2D eigenvalue weighted by atomic mass is 79.9. The van der Waals surface area contributed by atoms with Gasteiger partial charge in [0.15, 0.2) is 0 Å². The molecule has 0 N–H and O–H groups in total. The minimum absolute atomic E-state index is 0.352. The Hall–Kier alpha value is -0.170. The maximum atomic E-state index is 12.3. The van der Waals surface area contributed by atoms with E-state index in [1.165, 1.54) is 15.6 Å². The summed E-state index contributed by atoms with van der Waals surface area (Å²) in [5.74, 6) is 0. The number of sulfonamides is 1. The van der Waals surface area contributed by atoms with Crippen LogP contribution >= 0.6 is 27.3 Å². The Morgan fingerprint density at radius 1 is 1.59 bits per heavy atom. The predicted molar refractivity (Wildman–Crippen MR) is 76.0 cm³/mol. The molecule has 0 aliphatic heterocycles. The minimum atomic E-state index is -3.38. The van der Waals surface area contributed by atoms with Crippen molar-refractivity contribution < 1.29 is 8.42 Å². The Kier molecular flexibility index (Phi) is 5.37. The molecule has 1 heterocycles. The molecule has 3 nitrogen and oxygen atoms in total. The third-order valence-electron chi connectivity index (χ3n) is 2.23. The highest BCUT2D eigenvalue weighted by Gasteiger charge is 2.25. The molecule has 0 aliphatic rings. The maximum Gasteiger partial charge on any atom is 0.252 e. The average molecular weight is 338 g/mol. The van der Waals surface area contributed by atoms with Gasteiger partial charge in [-0.25, -0.2) is 8.42 Å². The van der Waals surface area contributed by atoms with E-state index in [2.05, 4.69) is 22.5 Å². The monoisotopic (exact) mass is 337 g/mol. The van der Waals surface area contributed by atoms with Crippen molar-refractivity contribution in [3.05, 3.63) is 28.1 Å². The van der Waals surface area contributed by atoms with Gasteiger partial charge in [0.05, 0.1) is 3.79 Å². The lowest BCUT2D eigenvalue weighted by atomic mass is 10.4. The van der Waals surface area contributed by atoms with E-state index in [9.17, 15) is 8.42 Å². The first-order valence-corrected chi connectivity index (χ1v) is 8.35. The molecule has 0 saturated heterocycles. The van der Waals surface area contributed by atoms with E-state index < -0.39 is 10.0 Å². The molecule has 0 unspecified atom stereocenters. The van der Waals surface area contributed by atoms with Gasteiger partial charge in [-0.2, -0.15) is 4.31 Å². The summed E-state index contributed by atoms with van der Waals surface area (Å²) < 4.78 is 27.4. The third kappa shape index (κ3) is 3.40. The van der Waals surface area contributed by atoms with Crippen LogP contribution in [-0.4, -0.2) is 25.8 Å². The van der Waals surface area contributed by atoms with Crippen molar-refractivity contribution in [2.24, 2.45) is 0 Å². The molecule has 1 rings (SSSR count). The largest absolute Gasteiger partial charge is 0.252 e. The van der Waals surface area contributed by atoms with Crippen molar-refractivity contribution in [2.75, 3.05) is 13.1 Å². The summed E-state index contributed by atoms with van der Waals surface area (Å²) in [6, 6.07) is 1.70. The molecule has 0 radical (unpaired) electrons. The molecule has 0 spiro atoms. The van der Waals surface area contributed by atoms with Crippen molar-refractivity contribution in [3.8, 4) is 0 Å². The lowest BCUT2D eigenvalue weighted by Gasteiger charge is -2.18. The molecule has 0 fully saturated rings. The summed E-state index contributed by atoms with van der Waals surface area (Å²) in [5.41, 5.74) is 0.948. The standard InChI is InChI=1S/C11H16BrNO2S2/c1-4-6-13(7-5-2)17(14,15)10-8-9(3)11(12)16-10/h4,8H,1,5-7H2,2-3H3. The summed E-state index contributed by atoms with van der Waals surface area (Å²) in [6.45, 7) is 8.32. The first kappa shape index (κ1) is 14.9. The first-order chi connectivity index (χ1) is 7.93. The molecule has 17 heavy (non-hydrogen) atoms. The minimum Gasteiger partial charge on any atom is -0.206 e. The average Bonchev–Trinajstić information content (AvgIpc) is 2.59. The zero-order chi connectivity index (χ0) is 13.1. The Labute approximate surface area is 115 Å². The van der Waals surface area contributed by atoms with E-state index >= 15 is 0 Å². The van der Waals surface area contributed by atoms with E-state index in [0.29, 0.717) is 17.3 Å². The van der Waals surface area contributed by atoms with Gasteiger partial charge in [-0.3, -0.25) is 0 Å². The normalized spacial score (nSPS) is 12.0. The van der Waals surface area contributed by atoms with E-state index in [1.807, 2.05) is 13.8 Å². The summed E-state index contributed by atoms with van der Waals surface area (Å²) in [5, 5.41) is 0. The summed E-state index contributed by atoms with van der Waals surface area (Å²) in [4.78, 5) is 0. The zero-order valence-corrected chi connectivity index (χ0v) is 13.2. The van der Waals surface area contributed by atoms with Crippen LogP contribution in [0.2, 0.25) is 0 Å². The number of nitrogens with zero attached hydrogens (tertiary/aromatic N) is 1. The molecule has 0 aromatic carbocycles. The summed E-state index contributed by atoms with van der Waals surface area (Å²) in [7, 11) is -3.38. The van der Waals surface area contributed by atoms with Gasteiger partial charge in [0.1, 0.15) is 4.21 Å². The highest BCUT2D eigenvalue weighted by Crippen LogP contribution is 2.32. The Bertz CT molecular complexity index is 474. The Balaban J connectivity index is 3.10. The van der Waals surface area contributed by atoms with Crippen LogP contribution in [-0.2, 0) is 10.0 Å². The van der Waals surface area contributed by atoms with Crippen LogP contribution in [0.5, 0.6) is 0 Å². The summed E-state index contributed by atoms with van der Waals surface area (Å²) >= 11 is 4.61. The second kappa shape index (κ2) is 6.13. The van der Waals surface area contributed by atoms with Gasteiger partial charge in [0.2, 0.25) is 0 Å². The highest BCUT2D eigenvalue weighted by molar-refractivity contribution is 9.11. The molecule has 1 aromatic rings. The fourth-order valence-corrected chi connectivity index (χ4v) is 5.27. The molecule has 0 bridgehead atoms. The molecule has 0 atom stereocenters. The Morgan fingerprint density at radius 3 is 2.65 bits per heavy atom. The second-order valence-corrected chi connectivity index (χ2v) is 8.21. The molecular weight excluding hydrogens is 322 g/mol. The van der Waals surface area contributed by atoms with Crippen LogP contribution in [0.25, 0.3) is 0 Å². The molecule has 96 valence electrons. The van der Waals surface area contributed by atoms with Crippen LogP contribution < -0.4 is 0 Å². The fourth-order valence-electron chi connectivity index (χ4n) is 1.39. The summed E-state index contributed by atoms with van der Waals surface area (Å²) in [6.07, 6.45) is 2.40. The smallest absolute Gasteiger partial charge is 0.206 e. The molecule has 6 heteroatoms. The number of hydrogen-bond donors (Lipinski definition) is 0. The quantitative estimate of drug-likeness (QED) is 0.746. The third-order valence-corrected chi connectivity index (χ3v) is 6.69. The van der Waals surface area contributed by atoms with Gasteiger partial charge >= 0.3 is 0 Å². The van der Waals surface area contributed by atoms with Crippen molar-refractivity contribution in [1.82, 2.24) is 4.31 Å². The van der Waals surface area contributed by atoms with Crippen LogP contribution in [0, 0.1) is 6.92 Å². The van der Waals surface area contributed by atoms with Crippen molar-refractivity contribution in [2.45, 2.75) is 24.5 Å². The zero-order valence-electron chi connectivity index (χ0n) is 9.94. The number of halogens is 1. The van der Waals surface area contributed by atoms with Gasteiger partial charge < -0.3 is 0 Å². The molecule has 0 saturated carbocycles. The number of hydrogen-bond acceptors (Lipinski definition) is 3. The molecule has 0 amide bonds. The number of aryl methyl sites for hydroxylation is 1. The van der Waals surface area contributed by atoms with E-state index in [-0.39, 0.29) is 0 Å². The van der Waals surface area contributed by atoms with E-state index in [1.54, 1.807) is 12.1 Å². The lowest BCUT2D eigenvalue weighted by molar-refractivity contribution is 0.443. The van der Waals surface area contributed by atoms with E-state index in [4.69, 9.17) is 0 Å². The van der Waals surface area contributed by atoms with Gasteiger partial charge in [-0.1, -0.05) is 13.0 Å². The van der Waals surface area contributed by atoms with Crippen LogP contribution in [0.4, 0.5) is 0 Å². The van der Waals surface area contributed by atoms with E-state index in [0.717, 1.165) is 15.8 Å². The van der Waals surface area contributed by atoms with Crippen LogP contribution in [0.1, 0.15) is 18.9 Å². The van der Waals surface area contributed by atoms with Gasteiger partial charge in [-0.15, -0.1) is 17.9 Å². The van der Waals surface area contributed by atoms with Crippen molar-refractivity contribution in [1.29, 1.82) is 0 Å². The van der Waals surface area contributed by atoms with Crippen molar-refractivity contribution >= 4 is 37.3 Å². The predicted octanol–water partition coefficient (Wildman–Crippen LogP) is 3.41. The molecule has 1 aromatic heterocycles. The van der Waals surface area contributed by atoms with Gasteiger partial charge in [0.25, 0.3) is 10.0 Å². The molecular formula is C11H16BrNO2S2. The van der Waals surface area contributed by atoms with Gasteiger partial charge in [0, 0.05) is 13.1 Å². The topological polar surface area (TPSA) is 37.4 Å². The maximum absolute atomic E-state index is 12.3. The fraction of sp³-hybridized carbons (Fsp3) is 0.455. The SMILES string of the molecule is C=CCN(CCC)S(=O)(=O)c1cc(C)c(Br)s1. The van der Waals surface area contributed by atoms with Gasteiger partial charge in [-0.05, 0) is 40.9 Å². The number of rotatable bonds is 6. The number of thiophene rings is 1.